The molecule has 0 saturated carbocycles. The molecule has 1 amide bonds. The summed E-state index contributed by atoms with van der Waals surface area (Å²) in [7, 11) is 0. The fourth-order valence-corrected chi connectivity index (χ4v) is 4.10. The fraction of sp³-hybridized carbons (Fsp3) is 0.421. The number of aromatic amines is 1. The van der Waals surface area contributed by atoms with Gasteiger partial charge in [-0.3, -0.25) is 9.59 Å². The Labute approximate surface area is 162 Å². The van der Waals surface area contributed by atoms with E-state index in [4.69, 9.17) is 11.6 Å². The number of nitrogens with zero attached hydrogens (tertiary/aromatic N) is 2. The quantitative estimate of drug-likeness (QED) is 0.622. The third-order valence-corrected chi connectivity index (χ3v) is 5.60. The van der Waals surface area contributed by atoms with Crippen LogP contribution in [-0.4, -0.2) is 33.6 Å². The van der Waals surface area contributed by atoms with Crippen LogP contribution in [0.15, 0.2) is 34.2 Å². The third kappa shape index (κ3) is 4.13. The summed E-state index contributed by atoms with van der Waals surface area (Å²) in [6.45, 7) is 2.56. The van der Waals surface area contributed by atoms with E-state index in [1.807, 2.05) is 42.3 Å². The Kier molecular flexibility index (Phi) is 6.04. The predicted octanol–water partition coefficient (Wildman–Crippen LogP) is 3.75. The zero-order chi connectivity index (χ0) is 18.7. The molecular weight excluding hydrogens is 370 g/mol. The van der Waals surface area contributed by atoms with Crippen LogP contribution in [0.4, 0.5) is 0 Å². The molecule has 2 heterocycles. The van der Waals surface area contributed by atoms with Crippen molar-refractivity contribution in [2.24, 2.45) is 0 Å². The summed E-state index contributed by atoms with van der Waals surface area (Å²) < 4.78 is 0. The van der Waals surface area contributed by atoms with E-state index in [0.29, 0.717) is 34.3 Å². The third-order valence-electron chi connectivity index (χ3n) is 4.79. The molecule has 1 aliphatic heterocycles. The summed E-state index contributed by atoms with van der Waals surface area (Å²) in [6, 6.07) is 7.77. The van der Waals surface area contributed by atoms with Crippen molar-refractivity contribution in [3.8, 4) is 0 Å². The Morgan fingerprint density at radius 2 is 2.27 bits per heavy atom. The Morgan fingerprint density at radius 3 is 2.96 bits per heavy atom. The molecule has 0 spiro atoms. The molecule has 138 valence electrons. The summed E-state index contributed by atoms with van der Waals surface area (Å²) >= 11 is 7.50. The fourth-order valence-electron chi connectivity index (χ4n) is 3.48. The topological polar surface area (TPSA) is 66.1 Å². The maximum Gasteiger partial charge on any atom is 0.254 e. The number of hydrogen-bond acceptors (Lipinski definition) is 4. The lowest BCUT2D eigenvalue weighted by Crippen LogP contribution is -2.31. The molecule has 1 fully saturated rings. The van der Waals surface area contributed by atoms with Gasteiger partial charge >= 0.3 is 0 Å². The number of aryl methyl sites for hydroxylation is 1. The van der Waals surface area contributed by atoms with Gasteiger partial charge in [0.2, 0.25) is 5.91 Å². The molecule has 1 N–H and O–H groups in total. The molecule has 1 saturated heterocycles. The molecule has 2 aromatic rings. The highest BCUT2D eigenvalue weighted by atomic mass is 35.5. The van der Waals surface area contributed by atoms with Crippen LogP contribution in [0.2, 0.25) is 5.02 Å². The highest BCUT2D eigenvalue weighted by molar-refractivity contribution is 7.98. The van der Waals surface area contributed by atoms with Crippen molar-refractivity contribution in [2.45, 2.75) is 43.8 Å². The molecule has 0 bridgehead atoms. The molecule has 1 aromatic carbocycles. The number of likely N-dealkylation sites (tertiary alicyclic amines) is 1. The number of aromatic nitrogens is 2. The predicted molar refractivity (Wildman–Crippen MR) is 105 cm³/mol. The highest BCUT2D eigenvalue weighted by Crippen LogP contribution is 2.33. The van der Waals surface area contributed by atoms with Crippen molar-refractivity contribution in [1.29, 1.82) is 0 Å². The monoisotopic (exact) mass is 391 g/mol. The Bertz CT molecular complexity index is 868. The zero-order valence-corrected chi connectivity index (χ0v) is 16.5. The average Bonchev–Trinajstić information content (AvgIpc) is 3.10. The Hall–Kier alpha value is -1.79. The minimum absolute atomic E-state index is 0.0672. The van der Waals surface area contributed by atoms with Crippen LogP contribution in [0.1, 0.15) is 42.1 Å². The van der Waals surface area contributed by atoms with Crippen LogP contribution in [0, 0.1) is 6.92 Å². The van der Waals surface area contributed by atoms with Gasteiger partial charge in [0, 0.05) is 29.2 Å². The SMILES string of the molecule is CSc1nc(C)c(CCC(=O)N2CCCC2c2cccc(Cl)c2)c(=O)[nH]1. The number of nitrogens with one attached hydrogen (secondary N) is 1. The van der Waals surface area contributed by atoms with Crippen LogP contribution < -0.4 is 5.56 Å². The number of halogens is 1. The summed E-state index contributed by atoms with van der Waals surface area (Å²) in [5.41, 5.74) is 2.21. The maximum absolute atomic E-state index is 12.8. The van der Waals surface area contributed by atoms with Crippen molar-refractivity contribution >= 4 is 29.3 Å². The summed E-state index contributed by atoms with van der Waals surface area (Å²) in [4.78, 5) is 34.1. The van der Waals surface area contributed by atoms with E-state index in [9.17, 15) is 9.59 Å². The lowest BCUT2D eigenvalue weighted by atomic mass is 10.0. The number of carbonyl (C=O) groups is 1. The van der Waals surface area contributed by atoms with Crippen LogP contribution in [-0.2, 0) is 11.2 Å². The van der Waals surface area contributed by atoms with E-state index in [1.54, 1.807) is 0 Å². The second-order valence-corrected chi connectivity index (χ2v) is 7.67. The van der Waals surface area contributed by atoms with Gasteiger partial charge in [-0.2, -0.15) is 0 Å². The van der Waals surface area contributed by atoms with E-state index in [1.165, 1.54) is 11.8 Å². The largest absolute Gasteiger partial charge is 0.336 e. The Balaban J connectivity index is 1.71. The van der Waals surface area contributed by atoms with Gasteiger partial charge < -0.3 is 9.88 Å². The Morgan fingerprint density at radius 1 is 1.46 bits per heavy atom. The number of carbonyl (C=O) groups excluding carboxylic acids is 1. The first-order valence-electron chi connectivity index (χ1n) is 8.68. The summed E-state index contributed by atoms with van der Waals surface area (Å²) in [5.74, 6) is 0.0696. The molecule has 1 atom stereocenters. The molecule has 26 heavy (non-hydrogen) atoms. The zero-order valence-electron chi connectivity index (χ0n) is 14.9. The highest BCUT2D eigenvalue weighted by Gasteiger charge is 2.29. The number of hydrogen-bond donors (Lipinski definition) is 1. The van der Waals surface area contributed by atoms with Crippen LogP contribution >= 0.6 is 23.4 Å². The van der Waals surface area contributed by atoms with E-state index in [2.05, 4.69) is 9.97 Å². The second kappa shape index (κ2) is 8.27. The van der Waals surface area contributed by atoms with Crippen LogP contribution in [0.3, 0.4) is 0 Å². The average molecular weight is 392 g/mol. The second-order valence-electron chi connectivity index (χ2n) is 6.44. The number of benzene rings is 1. The minimum atomic E-state index is -0.150. The van der Waals surface area contributed by atoms with Gasteiger partial charge in [0.15, 0.2) is 5.16 Å². The first-order valence-corrected chi connectivity index (χ1v) is 10.3. The first-order chi connectivity index (χ1) is 12.5. The molecule has 1 aliphatic rings. The van der Waals surface area contributed by atoms with Gasteiger partial charge in [-0.1, -0.05) is 35.5 Å². The molecule has 1 aromatic heterocycles. The molecule has 3 rings (SSSR count). The lowest BCUT2D eigenvalue weighted by molar-refractivity contribution is -0.132. The smallest absolute Gasteiger partial charge is 0.254 e. The van der Waals surface area contributed by atoms with E-state index >= 15 is 0 Å². The van der Waals surface area contributed by atoms with Crippen molar-refractivity contribution in [3.05, 3.63) is 56.5 Å². The van der Waals surface area contributed by atoms with Crippen LogP contribution in [0.25, 0.3) is 0 Å². The van der Waals surface area contributed by atoms with Gasteiger partial charge in [0.05, 0.1) is 6.04 Å². The lowest BCUT2D eigenvalue weighted by Gasteiger charge is -2.25. The molecule has 5 nitrogen and oxygen atoms in total. The molecule has 1 unspecified atom stereocenters. The molecule has 0 radical (unpaired) electrons. The van der Waals surface area contributed by atoms with E-state index in [-0.39, 0.29) is 17.5 Å². The van der Waals surface area contributed by atoms with Crippen molar-refractivity contribution in [2.75, 3.05) is 12.8 Å². The number of rotatable bonds is 5. The maximum atomic E-state index is 12.8. The standard InChI is InChI=1S/C19H22ClN3O2S/c1-12-15(18(25)22-19(21-12)26-2)8-9-17(24)23-10-4-7-16(23)13-5-3-6-14(20)11-13/h3,5-6,11,16H,4,7-10H2,1-2H3,(H,21,22,25). The van der Waals surface area contributed by atoms with Crippen LogP contribution in [0.5, 0.6) is 0 Å². The molecule has 7 heteroatoms. The molecular formula is C19H22ClN3O2S. The van der Waals surface area contributed by atoms with Gasteiger partial charge in [0.25, 0.3) is 5.56 Å². The number of H-pyrrole nitrogens is 1. The summed E-state index contributed by atoms with van der Waals surface area (Å²) in [5, 5.41) is 1.28. The minimum Gasteiger partial charge on any atom is -0.336 e. The van der Waals surface area contributed by atoms with Gasteiger partial charge in [-0.25, -0.2) is 4.98 Å². The first kappa shape index (κ1) is 19.0. The van der Waals surface area contributed by atoms with Gasteiger partial charge in [0.1, 0.15) is 0 Å². The van der Waals surface area contributed by atoms with E-state index < -0.39 is 0 Å². The summed E-state index contributed by atoms with van der Waals surface area (Å²) in [6.07, 6.45) is 4.49. The number of amides is 1. The van der Waals surface area contributed by atoms with Gasteiger partial charge in [-0.15, -0.1) is 0 Å². The van der Waals surface area contributed by atoms with Crippen molar-refractivity contribution in [1.82, 2.24) is 14.9 Å². The van der Waals surface area contributed by atoms with Crippen molar-refractivity contribution < 1.29 is 4.79 Å². The number of thioether (sulfide) groups is 1. The van der Waals surface area contributed by atoms with Gasteiger partial charge in [-0.05, 0) is 50.1 Å². The van der Waals surface area contributed by atoms with E-state index in [0.717, 1.165) is 24.9 Å². The normalized spacial score (nSPS) is 16.9. The molecule has 0 aliphatic carbocycles. The van der Waals surface area contributed by atoms with Crippen molar-refractivity contribution in [3.63, 3.8) is 0 Å².